The first-order valence-corrected chi connectivity index (χ1v) is 12.8. The average molecular weight is 529 g/mol. The van der Waals surface area contributed by atoms with E-state index in [4.69, 9.17) is 0 Å². The number of amides is 3. The van der Waals surface area contributed by atoms with Gasteiger partial charge in [0.15, 0.2) is 0 Å². The third kappa shape index (κ3) is 6.19. The third-order valence-corrected chi connectivity index (χ3v) is 7.20. The van der Waals surface area contributed by atoms with Gasteiger partial charge in [0.2, 0.25) is 5.91 Å². The Morgan fingerprint density at radius 1 is 1.13 bits per heavy atom. The second-order valence-electron chi connectivity index (χ2n) is 12.0. The number of carbonyl (C=O) groups is 3. The molecule has 0 aliphatic carbocycles. The van der Waals surface area contributed by atoms with Crippen molar-refractivity contribution < 1.29 is 23.2 Å². The maximum atomic E-state index is 13.7. The Kier molecular flexibility index (Phi) is 8.29. The lowest BCUT2D eigenvalue weighted by Gasteiger charge is -2.46. The molecule has 9 heteroatoms. The van der Waals surface area contributed by atoms with Crippen LogP contribution in [0.15, 0.2) is 30.5 Å². The zero-order valence-electron chi connectivity index (χ0n) is 23.4. The lowest BCUT2D eigenvalue weighted by atomic mass is 9.75. The highest BCUT2D eigenvalue weighted by Gasteiger charge is 2.41. The van der Waals surface area contributed by atoms with E-state index in [1.807, 2.05) is 17.9 Å². The van der Waals surface area contributed by atoms with Crippen molar-refractivity contribution >= 4 is 23.4 Å². The molecular weight excluding hydrogens is 490 g/mol. The van der Waals surface area contributed by atoms with Gasteiger partial charge in [-0.25, -0.2) is 8.78 Å². The molecule has 0 saturated carbocycles. The molecule has 0 spiro atoms. The smallest absolute Gasteiger partial charge is 0.281 e. The summed E-state index contributed by atoms with van der Waals surface area (Å²) in [6.07, 6.45) is -1.74. The standard InChI is InChI=1S/C29H38F2N4O3/c1-16(2)25(36)33-14-18-11-21(23(24(30)31)32-13-18)26(37)34-19-9-10-22-20(12-19)27(38)35(15-29(22,7)8)17(3)28(4,5)6/h9-13,16-17,24H,14-15H2,1-8H3,(H,33,36)(H,34,37)/t17-/m0/s1. The molecule has 2 N–H and O–H groups in total. The molecule has 1 atom stereocenters. The number of hydrogen-bond acceptors (Lipinski definition) is 4. The number of hydrogen-bond donors (Lipinski definition) is 2. The van der Waals surface area contributed by atoms with Gasteiger partial charge in [0, 0.05) is 47.9 Å². The van der Waals surface area contributed by atoms with Gasteiger partial charge in [0.05, 0.1) is 5.56 Å². The molecule has 1 aromatic carbocycles. The van der Waals surface area contributed by atoms with E-state index >= 15 is 0 Å². The normalized spacial score (nSPS) is 15.9. The molecule has 3 rings (SSSR count). The number of rotatable bonds is 7. The zero-order chi connectivity index (χ0) is 28.6. The van der Waals surface area contributed by atoms with Crippen LogP contribution in [0.25, 0.3) is 0 Å². The minimum Gasteiger partial charge on any atom is -0.352 e. The van der Waals surface area contributed by atoms with Crippen LogP contribution in [-0.4, -0.2) is 40.2 Å². The third-order valence-electron chi connectivity index (χ3n) is 7.20. The van der Waals surface area contributed by atoms with Crippen molar-refractivity contribution in [2.75, 3.05) is 11.9 Å². The largest absolute Gasteiger partial charge is 0.352 e. The summed E-state index contributed by atoms with van der Waals surface area (Å²) < 4.78 is 27.4. The van der Waals surface area contributed by atoms with Crippen molar-refractivity contribution in [1.82, 2.24) is 15.2 Å². The van der Waals surface area contributed by atoms with Gasteiger partial charge in [0.1, 0.15) is 5.69 Å². The minimum atomic E-state index is -2.96. The molecule has 1 aliphatic heterocycles. The molecule has 206 valence electrons. The topological polar surface area (TPSA) is 91.4 Å². The fourth-order valence-electron chi connectivity index (χ4n) is 4.47. The molecule has 1 aromatic heterocycles. The van der Waals surface area contributed by atoms with Crippen LogP contribution in [-0.2, 0) is 16.8 Å². The second kappa shape index (κ2) is 10.8. The number of pyridine rings is 1. The van der Waals surface area contributed by atoms with Crippen LogP contribution in [0.2, 0.25) is 0 Å². The highest BCUT2D eigenvalue weighted by molar-refractivity contribution is 6.06. The molecular formula is C29H38F2N4O3. The van der Waals surface area contributed by atoms with Gasteiger partial charge in [-0.2, -0.15) is 0 Å². The number of halogens is 2. The van der Waals surface area contributed by atoms with Crippen LogP contribution in [0.5, 0.6) is 0 Å². The van der Waals surface area contributed by atoms with Crippen LogP contribution in [0.3, 0.4) is 0 Å². The second-order valence-corrected chi connectivity index (χ2v) is 12.0. The van der Waals surface area contributed by atoms with Gasteiger partial charge >= 0.3 is 0 Å². The molecule has 0 bridgehead atoms. The number of nitrogens with zero attached hydrogens (tertiary/aromatic N) is 2. The van der Waals surface area contributed by atoms with Crippen molar-refractivity contribution in [3.63, 3.8) is 0 Å². The number of nitrogens with one attached hydrogen (secondary N) is 2. The molecule has 0 fully saturated rings. The van der Waals surface area contributed by atoms with Gasteiger partial charge in [-0.3, -0.25) is 19.4 Å². The molecule has 2 heterocycles. The lowest BCUT2D eigenvalue weighted by Crippen LogP contribution is -2.54. The first-order valence-electron chi connectivity index (χ1n) is 12.8. The number of carbonyl (C=O) groups excluding carboxylic acids is 3. The van der Waals surface area contributed by atoms with E-state index in [2.05, 4.69) is 50.2 Å². The van der Waals surface area contributed by atoms with E-state index in [1.54, 1.807) is 26.0 Å². The van der Waals surface area contributed by atoms with Crippen LogP contribution in [0.1, 0.15) is 99.4 Å². The van der Waals surface area contributed by atoms with E-state index < -0.39 is 18.0 Å². The fraction of sp³-hybridized carbons (Fsp3) is 0.517. The Labute approximate surface area is 223 Å². The summed E-state index contributed by atoms with van der Waals surface area (Å²) in [5, 5.41) is 5.36. The van der Waals surface area contributed by atoms with Crippen LogP contribution in [0.4, 0.5) is 14.5 Å². The van der Waals surface area contributed by atoms with Gasteiger partial charge in [-0.05, 0) is 41.7 Å². The molecule has 0 saturated heterocycles. The zero-order valence-corrected chi connectivity index (χ0v) is 23.4. The first kappa shape index (κ1) is 29.2. The number of alkyl halides is 2. The van der Waals surface area contributed by atoms with Crippen molar-refractivity contribution in [2.24, 2.45) is 11.3 Å². The molecule has 1 aliphatic rings. The molecule has 3 amide bonds. The number of fused-ring (bicyclic) bond motifs is 1. The van der Waals surface area contributed by atoms with E-state index in [0.717, 1.165) is 5.56 Å². The molecule has 0 unspecified atom stereocenters. The summed E-state index contributed by atoms with van der Waals surface area (Å²) in [6, 6.07) is 6.38. The predicted molar refractivity (Wildman–Crippen MR) is 143 cm³/mol. The Balaban J connectivity index is 1.92. The average Bonchev–Trinajstić information content (AvgIpc) is 2.83. The van der Waals surface area contributed by atoms with Crippen molar-refractivity contribution in [3.05, 3.63) is 58.4 Å². The number of anilines is 1. The summed E-state index contributed by atoms with van der Waals surface area (Å²) in [4.78, 5) is 44.2. The molecule has 7 nitrogen and oxygen atoms in total. The molecule has 38 heavy (non-hydrogen) atoms. The molecule has 2 aromatic rings. The van der Waals surface area contributed by atoms with Gasteiger partial charge in [-0.1, -0.05) is 54.5 Å². The van der Waals surface area contributed by atoms with E-state index in [1.165, 1.54) is 12.3 Å². The SMILES string of the molecule is CC(C)C(=O)NCc1cnc(C(F)F)c(C(=O)Nc2ccc3c(c2)C(=O)N([C@@H](C)C(C)(C)C)CC3(C)C)c1. The highest BCUT2D eigenvalue weighted by Crippen LogP contribution is 2.38. The predicted octanol–water partition coefficient (Wildman–Crippen LogP) is 5.71. The number of benzene rings is 1. The summed E-state index contributed by atoms with van der Waals surface area (Å²) in [6.45, 7) is 16.5. The lowest BCUT2D eigenvalue weighted by molar-refractivity contribution is -0.124. The Hall–Kier alpha value is -3.36. The maximum Gasteiger partial charge on any atom is 0.281 e. The van der Waals surface area contributed by atoms with Crippen LogP contribution < -0.4 is 10.6 Å². The summed E-state index contributed by atoms with van der Waals surface area (Å²) >= 11 is 0. The van der Waals surface area contributed by atoms with Crippen LogP contribution in [0, 0.1) is 11.3 Å². The Morgan fingerprint density at radius 2 is 1.79 bits per heavy atom. The van der Waals surface area contributed by atoms with Crippen molar-refractivity contribution in [2.45, 2.75) is 79.8 Å². The van der Waals surface area contributed by atoms with E-state index in [-0.39, 0.29) is 46.7 Å². The Morgan fingerprint density at radius 3 is 2.37 bits per heavy atom. The fourth-order valence-corrected chi connectivity index (χ4v) is 4.47. The van der Waals surface area contributed by atoms with E-state index in [9.17, 15) is 23.2 Å². The summed E-state index contributed by atoms with van der Waals surface area (Å²) in [5.41, 5.74) is 0.707. The monoisotopic (exact) mass is 528 g/mol. The summed E-state index contributed by atoms with van der Waals surface area (Å²) in [5.74, 6) is -1.35. The van der Waals surface area contributed by atoms with Gasteiger partial charge in [0.25, 0.3) is 18.2 Å². The molecule has 0 radical (unpaired) electrons. The van der Waals surface area contributed by atoms with Crippen molar-refractivity contribution in [3.8, 4) is 0 Å². The highest BCUT2D eigenvalue weighted by atomic mass is 19.3. The minimum absolute atomic E-state index is 0.0285. The quantitative estimate of drug-likeness (QED) is 0.482. The van der Waals surface area contributed by atoms with Crippen molar-refractivity contribution in [1.29, 1.82) is 0 Å². The van der Waals surface area contributed by atoms with Gasteiger partial charge in [-0.15, -0.1) is 0 Å². The maximum absolute atomic E-state index is 13.7. The van der Waals surface area contributed by atoms with Crippen LogP contribution >= 0.6 is 0 Å². The Bertz CT molecular complexity index is 1230. The number of aromatic nitrogens is 1. The first-order chi connectivity index (χ1) is 17.5. The summed E-state index contributed by atoms with van der Waals surface area (Å²) in [7, 11) is 0. The van der Waals surface area contributed by atoms with Gasteiger partial charge < -0.3 is 15.5 Å². The van der Waals surface area contributed by atoms with E-state index in [0.29, 0.717) is 23.4 Å².